The van der Waals surface area contributed by atoms with E-state index in [1.54, 1.807) is 13.3 Å². The lowest BCUT2D eigenvalue weighted by Gasteiger charge is -2.39. The fourth-order valence-corrected chi connectivity index (χ4v) is 7.66. The number of β-amino-alcohol motifs (C(OH)–C–C–N with tert-alkyl or cyclic N) is 1. The molecule has 1 saturated heterocycles. The number of aliphatic hydroxyl groups is 1. The second-order valence-electron chi connectivity index (χ2n) is 11.7. The molecule has 2 aromatic rings. The number of rotatable bonds is 10. The van der Waals surface area contributed by atoms with Crippen LogP contribution in [0.2, 0.25) is 5.02 Å². The number of ether oxygens (including phenoxy) is 1. The zero-order valence-electron chi connectivity index (χ0n) is 24.6. The van der Waals surface area contributed by atoms with Crippen molar-refractivity contribution in [1.82, 2.24) is 24.5 Å². The zero-order valence-corrected chi connectivity index (χ0v) is 26.2. The summed E-state index contributed by atoms with van der Waals surface area (Å²) in [5.41, 5.74) is 3.35. The van der Waals surface area contributed by atoms with Crippen LogP contribution in [-0.2, 0) is 22.9 Å². The molecule has 0 radical (unpaired) electrons. The molecule has 2 heterocycles. The summed E-state index contributed by atoms with van der Waals surface area (Å²) in [6.45, 7) is 5.05. The second-order valence-corrected chi connectivity index (χ2v) is 13.9. The minimum atomic E-state index is -3.34. The van der Waals surface area contributed by atoms with Gasteiger partial charge in [0.05, 0.1) is 31.9 Å². The van der Waals surface area contributed by atoms with Gasteiger partial charge in [-0.1, -0.05) is 30.5 Å². The summed E-state index contributed by atoms with van der Waals surface area (Å²) in [4.78, 5) is 14.0. The number of aromatic nitrogens is 2. The van der Waals surface area contributed by atoms with Gasteiger partial charge >= 0.3 is 0 Å². The number of anilines is 3. The molecule has 1 aliphatic heterocycles. The molecule has 0 spiro atoms. The highest BCUT2D eigenvalue weighted by Crippen LogP contribution is 2.38. The van der Waals surface area contributed by atoms with Crippen LogP contribution in [0.3, 0.4) is 0 Å². The maximum atomic E-state index is 11.9. The first-order valence-corrected chi connectivity index (χ1v) is 17.3. The minimum absolute atomic E-state index is 0.124. The van der Waals surface area contributed by atoms with Crippen molar-refractivity contribution in [2.24, 2.45) is 0 Å². The summed E-state index contributed by atoms with van der Waals surface area (Å²) in [7, 11) is -1.63. The number of nitrogens with zero attached hydrogens (tertiary/aromatic N) is 4. The third kappa shape index (κ3) is 7.83. The lowest BCUT2D eigenvalue weighted by atomic mass is 9.91. The molecule has 0 bridgehead atoms. The molecule has 0 amide bonds. The highest BCUT2D eigenvalue weighted by molar-refractivity contribution is 7.88. The fourth-order valence-electron chi connectivity index (χ4n) is 6.69. The number of sulfonamides is 1. The largest absolute Gasteiger partial charge is 0.494 e. The van der Waals surface area contributed by atoms with Crippen molar-refractivity contribution in [2.75, 3.05) is 63.3 Å². The molecule has 42 heavy (non-hydrogen) atoms. The Morgan fingerprint density at radius 3 is 2.57 bits per heavy atom. The molecule has 232 valence electrons. The number of methoxy groups -OCH3 is 1. The highest BCUT2D eigenvalue weighted by Gasteiger charge is 2.30. The van der Waals surface area contributed by atoms with Gasteiger partial charge in [0.15, 0.2) is 5.82 Å². The number of nitrogens with one attached hydrogen (secondary N) is 3. The van der Waals surface area contributed by atoms with E-state index >= 15 is 0 Å². The highest BCUT2D eigenvalue weighted by atomic mass is 35.5. The molecule has 1 unspecified atom stereocenters. The Kier molecular flexibility index (Phi) is 10.4. The van der Waals surface area contributed by atoms with E-state index in [4.69, 9.17) is 16.3 Å². The lowest BCUT2D eigenvalue weighted by Crippen LogP contribution is -2.51. The molecule has 1 saturated carbocycles. The topological polar surface area (TPSA) is 132 Å². The Morgan fingerprint density at radius 2 is 1.86 bits per heavy atom. The number of piperazine rings is 1. The van der Waals surface area contributed by atoms with Crippen molar-refractivity contribution >= 4 is 39.1 Å². The van der Waals surface area contributed by atoms with E-state index in [1.807, 2.05) is 6.07 Å². The molecule has 11 nitrogen and oxygen atoms in total. The summed E-state index contributed by atoms with van der Waals surface area (Å²) < 4.78 is 32.5. The van der Waals surface area contributed by atoms with Crippen molar-refractivity contribution in [2.45, 2.75) is 69.5 Å². The van der Waals surface area contributed by atoms with Crippen LogP contribution in [0, 0.1) is 0 Å². The lowest BCUT2D eigenvalue weighted by molar-refractivity contribution is 0.0805. The van der Waals surface area contributed by atoms with Crippen molar-refractivity contribution in [3.05, 3.63) is 34.5 Å². The van der Waals surface area contributed by atoms with Gasteiger partial charge in [0.25, 0.3) is 0 Å². The van der Waals surface area contributed by atoms with Crippen molar-refractivity contribution in [3.63, 3.8) is 0 Å². The number of benzene rings is 1. The zero-order chi connectivity index (χ0) is 29.7. The van der Waals surface area contributed by atoms with E-state index in [9.17, 15) is 13.5 Å². The van der Waals surface area contributed by atoms with Crippen LogP contribution in [0.5, 0.6) is 5.75 Å². The van der Waals surface area contributed by atoms with E-state index in [2.05, 4.69) is 41.2 Å². The molecule has 3 aliphatic rings. The van der Waals surface area contributed by atoms with E-state index in [0.717, 1.165) is 95.5 Å². The van der Waals surface area contributed by atoms with Gasteiger partial charge in [-0.15, -0.1) is 0 Å². The van der Waals surface area contributed by atoms with E-state index < -0.39 is 10.0 Å². The molecule has 4 N–H and O–H groups in total. The van der Waals surface area contributed by atoms with Gasteiger partial charge in [0, 0.05) is 50.8 Å². The third-order valence-corrected chi connectivity index (χ3v) is 9.77. The van der Waals surface area contributed by atoms with Crippen LogP contribution < -0.4 is 20.1 Å². The van der Waals surface area contributed by atoms with Gasteiger partial charge in [-0.2, -0.15) is 4.98 Å². The van der Waals surface area contributed by atoms with Gasteiger partial charge in [0.1, 0.15) is 10.8 Å². The number of halogens is 1. The Bertz CT molecular complexity index is 1320. The summed E-state index contributed by atoms with van der Waals surface area (Å²) in [5.74, 6) is 1.67. The molecule has 3 atom stereocenters. The maximum absolute atomic E-state index is 11.9. The molecule has 2 fully saturated rings. The standard InChI is InChI=1S/C29H44ClN7O4S/c1-41-27-22-7-5-6-21(37-14-12-36(13-15-37)16-17-38)18-20(22)10-11-26(27)33-29-31-19-23(30)28(34-29)32-24-8-3-4-9-25(24)35-42(2,39)40/h10-11,19,21,24-25,35,38H,3-9,12-18H2,1-2H3,(H2,31,32,33,34)/t21?,24-,25-/m1/s1. The van der Waals surface area contributed by atoms with E-state index in [-0.39, 0.29) is 18.7 Å². The van der Waals surface area contributed by atoms with Gasteiger partial charge in [-0.25, -0.2) is 18.1 Å². The predicted molar refractivity (Wildman–Crippen MR) is 166 cm³/mol. The third-order valence-electron chi connectivity index (χ3n) is 8.76. The first-order valence-electron chi connectivity index (χ1n) is 15.0. The van der Waals surface area contributed by atoms with Gasteiger partial charge < -0.3 is 20.5 Å². The van der Waals surface area contributed by atoms with Crippen LogP contribution in [-0.4, -0.2) is 104 Å². The van der Waals surface area contributed by atoms with Gasteiger partial charge in [-0.3, -0.25) is 9.80 Å². The smallest absolute Gasteiger partial charge is 0.229 e. The number of hydrogen-bond acceptors (Lipinski definition) is 10. The van der Waals surface area contributed by atoms with Gasteiger partial charge in [0.2, 0.25) is 16.0 Å². The first kappa shape index (κ1) is 31.2. The Hall–Kier alpha value is -2.22. The summed E-state index contributed by atoms with van der Waals surface area (Å²) in [6, 6.07) is 4.38. The van der Waals surface area contributed by atoms with E-state index in [1.165, 1.54) is 17.4 Å². The molecule has 1 aromatic heterocycles. The predicted octanol–water partition coefficient (Wildman–Crippen LogP) is 3.01. The van der Waals surface area contributed by atoms with Crippen molar-refractivity contribution < 1.29 is 18.3 Å². The Labute approximate surface area is 254 Å². The van der Waals surface area contributed by atoms with Crippen molar-refractivity contribution in [1.29, 1.82) is 0 Å². The molecule has 1 aromatic carbocycles. The first-order chi connectivity index (χ1) is 20.2. The number of fused-ring (bicyclic) bond motifs is 1. The van der Waals surface area contributed by atoms with Crippen LogP contribution in [0.1, 0.15) is 49.7 Å². The molecular weight excluding hydrogens is 578 g/mol. The maximum Gasteiger partial charge on any atom is 0.229 e. The number of hydrogen-bond donors (Lipinski definition) is 4. The second kappa shape index (κ2) is 14.0. The van der Waals surface area contributed by atoms with Crippen molar-refractivity contribution in [3.8, 4) is 5.75 Å². The van der Waals surface area contributed by atoms with Crippen LogP contribution >= 0.6 is 11.6 Å². The summed E-state index contributed by atoms with van der Waals surface area (Å²) in [5, 5.41) is 16.4. The molecule has 13 heteroatoms. The van der Waals surface area contributed by atoms with Crippen LogP contribution in [0.4, 0.5) is 17.5 Å². The molecule has 5 rings (SSSR count). The summed E-state index contributed by atoms with van der Waals surface area (Å²) in [6.07, 6.45) is 10.4. The minimum Gasteiger partial charge on any atom is -0.494 e. The van der Waals surface area contributed by atoms with E-state index in [0.29, 0.717) is 22.8 Å². The monoisotopic (exact) mass is 621 g/mol. The fraction of sp³-hybridized carbons (Fsp3) is 0.655. The van der Waals surface area contributed by atoms with Crippen LogP contribution in [0.15, 0.2) is 18.3 Å². The normalized spacial score (nSPS) is 24.0. The average Bonchev–Trinajstić information content (AvgIpc) is 3.18. The summed E-state index contributed by atoms with van der Waals surface area (Å²) >= 11 is 6.48. The quantitative estimate of drug-likeness (QED) is 0.294. The van der Waals surface area contributed by atoms with Crippen LogP contribution in [0.25, 0.3) is 0 Å². The SMILES string of the molecule is COc1c(Nc2ncc(Cl)c(N[C@@H]3CCCC[C@H]3NS(C)(=O)=O)n2)ccc2c1CCCC(N1CCN(CCO)CC1)C2. The Morgan fingerprint density at radius 1 is 1.10 bits per heavy atom. The molecular formula is C29H44ClN7O4S. The van der Waals surface area contributed by atoms with Gasteiger partial charge in [-0.05, 0) is 55.7 Å². The Balaban J connectivity index is 1.30. The molecule has 2 aliphatic carbocycles. The average molecular weight is 622 g/mol. The number of aliphatic hydroxyl groups excluding tert-OH is 1.